The molecule has 0 radical (unpaired) electrons. The fourth-order valence-corrected chi connectivity index (χ4v) is 1.42. The number of carbonyl (C=O) groups excluding carboxylic acids is 1. The van der Waals surface area contributed by atoms with E-state index in [2.05, 4.69) is 9.89 Å². The maximum Gasteiger partial charge on any atom is 0.360 e. The van der Waals surface area contributed by atoms with E-state index in [1.54, 1.807) is 12.1 Å². The summed E-state index contributed by atoms with van der Waals surface area (Å²) in [6.45, 7) is 0.340. The highest BCUT2D eigenvalue weighted by Crippen LogP contribution is 2.22. The molecule has 0 saturated heterocycles. The van der Waals surface area contributed by atoms with E-state index < -0.39 is 5.97 Å². The lowest BCUT2D eigenvalue weighted by Crippen LogP contribution is -2.02. The number of hydrogen-bond donors (Lipinski definition) is 1. The number of ether oxygens (including phenoxy) is 1. The second-order valence-electron chi connectivity index (χ2n) is 3.02. The molecular weight excluding hydrogens is 196 g/mol. The first-order chi connectivity index (χ1) is 7.27. The van der Waals surface area contributed by atoms with Gasteiger partial charge >= 0.3 is 5.97 Å². The molecule has 5 nitrogen and oxygen atoms in total. The minimum Gasteiger partial charge on any atom is -0.464 e. The van der Waals surface area contributed by atoms with Crippen molar-refractivity contribution in [1.29, 1.82) is 0 Å². The van der Waals surface area contributed by atoms with Gasteiger partial charge in [0.25, 0.3) is 0 Å². The number of nitrogens with zero attached hydrogens (tertiary/aromatic N) is 1. The zero-order valence-corrected chi connectivity index (χ0v) is 8.19. The molecule has 2 N–H and O–H groups in total. The molecule has 2 aromatic rings. The lowest BCUT2D eigenvalue weighted by atomic mass is 10.1. The average Bonchev–Trinajstić information content (AvgIpc) is 2.71. The predicted octanol–water partition coefficient (Wildman–Crippen LogP) is 1.07. The fourth-order valence-electron chi connectivity index (χ4n) is 1.42. The van der Waals surface area contributed by atoms with Crippen LogP contribution in [0.2, 0.25) is 0 Å². The van der Waals surface area contributed by atoms with Crippen molar-refractivity contribution in [2.45, 2.75) is 6.54 Å². The molecule has 1 aromatic carbocycles. The van der Waals surface area contributed by atoms with Gasteiger partial charge < -0.3 is 15.0 Å². The third kappa shape index (κ3) is 1.46. The Balaban J connectivity index is 2.66. The van der Waals surface area contributed by atoms with Gasteiger partial charge in [-0.15, -0.1) is 0 Å². The minimum atomic E-state index is -0.511. The molecule has 0 aliphatic heterocycles. The lowest BCUT2D eigenvalue weighted by Gasteiger charge is -1.96. The summed E-state index contributed by atoms with van der Waals surface area (Å²) >= 11 is 0. The quantitative estimate of drug-likeness (QED) is 0.743. The normalized spacial score (nSPS) is 10.5. The van der Waals surface area contributed by atoms with Gasteiger partial charge in [-0.2, -0.15) is 0 Å². The number of benzene rings is 1. The molecule has 0 amide bonds. The monoisotopic (exact) mass is 206 g/mol. The van der Waals surface area contributed by atoms with Crippen LogP contribution in [0.15, 0.2) is 22.7 Å². The largest absolute Gasteiger partial charge is 0.464 e. The number of para-hydroxylation sites is 1. The molecule has 0 atom stereocenters. The Morgan fingerprint density at radius 3 is 3.07 bits per heavy atom. The van der Waals surface area contributed by atoms with Crippen molar-refractivity contribution in [2.24, 2.45) is 5.73 Å². The summed E-state index contributed by atoms with van der Waals surface area (Å²) in [4.78, 5) is 11.3. The van der Waals surface area contributed by atoms with Crippen molar-refractivity contribution < 1.29 is 14.1 Å². The summed E-state index contributed by atoms with van der Waals surface area (Å²) in [6, 6.07) is 5.37. The number of esters is 1. The van der Waals surface area contributed by atoms with Crippen molar-refractivity contribution in [3.05, 3.63) is 29.5 Å². The van der Waals surface area contributed by atoms with E-state index in [0.29, 0.717) is 17.5 Å². The van der Waals surface area contributed by atoms with Crippen LogP contribution < -0.4 is 5.73 Å². The molecule has 0 bridgehead atoms. The van der Waals surface area contributed by atoms with Gasteiger partial charge in [0, 0.05) is 12.1 Å². The summed E-state index contributed by atoms with van der Waals surface area (Å²) in [6.07, 6.45) is 0. The smallest absolute Gasteiger partial charge is 0.360 e. The molecule has 0 saturated carbocycles. The zero-order valence-electron chi connectivity index (χ0n) is 8.19. The third-order valence-corrected chi connectivity index (χ3v) is 2.18. The lowest BCUT2D eigenvalue weighted by molar-refractivity contribution is 0.0591. The van der Waals surface area contributed by atoms with Crippen LogP contribution in [0.4, 0.5) is 0 Å². The highest BCUT2D eigenvalue weighted by molar-refractivity contribution is 6.01. The number of fused-ring (bicyclic) bond motifs is 1. The van der Waals surface area contributed by atoms with Crippen LogP contribution in [0.25, 0.3) is 11.0 Å². The summed E-state index contributed by atoms with van der Waals surface area (Å²) in [5.41, 5.74) is 7.07. The average molecular weight is 206 g/mol. The van der Waals surface area contributed by atoms with E-state index in [4.69, 9.17) is 10.3 Å². The van der Waals surface area contributed by atoms with E-state index in [0.717, 1.165) is 5.56 Å². The minimum absolute atomic E-state index is 0.183. The molecule has 2 rings (SSSR count). The third-order valence-electron chi connectivity index (χ3n) is 2.18. The first kappa shape index (κ1) is 9.67. The van der Waals surface area contributed by atoms with Crippen molar-refractivity contribution in [3.8, 4) is 0 Å². The number of rotatable bonds is 2. The van der Waals surface area contributed by atoms with E-state index in [1.807, 2.05) is 6.07 Å². The summed E-state index contributed by atoms with van der Waals surface area (Å²) in [5, 5.41) is 4.30. The molecule has 0 spiro atoms. The van der Waals surface area contributed by atoms with Crippen molar-refractivity contribution >= 4 is 16.9 Å². The Labute approximate surface area is 85.8 Å². The number of aromatic nitrogens is 1. The molecule has 0 fully saturated rings. The van der Waals surface area contributed by atoms with Crippen LogP contribution >= 0.6 is 0 Å². The second kappa shape index (κ2) is 3.70. The maximum absolute atomic E-state index is 11.3. The van der Waals surface area contributed by atoms with Crippen LogP contribution in [0.5, 0.6) is 0 Å². The van der Waals surface area contributed by atoms with Crippen LogP contribution in [0.3, 0.4) is 0 Å². The van der Waals surface area contributed by atoms with Crippen molar-refractivity contribution in [2.75, 3.05) is 7.11 Å². The van der Waals surface area contributed by atoms with Gasteiger partial charge in [0.15, 0.2) is 11.3 Å². The summed E-state index contributed by atoms with van der Waals surface area (Å²) in [5.74, 6) is -0.511. The van der Waals surface area contributed by atoms with Gasteiger partial charge in [-0.05, 0) is 6.07 Å². The van der Waals surface area contributed by atoms with E-state index in [9.17, 15) is 4.79 Å². The number of methoxy groups -OCH3 is 1. The molecule has 0 aliphatic carbocycles. The van der Waals surface area contributed by atoms with Crippen LogP contribution in [-0.2, 0) is 11.3 Å². The number of carbonyl (C=O) groups is 1. The number of nitrogens with two attached hydrogens (primary N) is 1. The van der Waals surface area contributed by atoms with Gasteiger partial charge in [-0.3, -0.25) is 0 Å². The van der Waals surface area contributed by atoms with Crippen LogP contribution in [0.1, 0.15) is 16.1 Å². The Kier molecular flexibility index (Phi) is 2.39. The zero-order chi connectivity index (χ0) is 10.8. The Morgan fingerprint density at radius 1 is 1.60 bits per heavy atom. The second-order valence-corrected chi connectivity index (χ2v) is 3.02. The maximum atomic E-state index is 11.3. The van der Waals surface area contributed by atoms with E-state index in [1.165, 1.54) is 7.11 Å². The number of hydrogen-bond acceptors (Lipinski definition) is 5. The van der Waals surface area contributed by atoms with Gasteiger partial charge in [0.2, 0.25) is 0 Å². The van der Waals surface area contributed by atoms with Crippen molar-refractivity contribution in [1.82, 2.24) is 5.16 Å². The molecule has 1 aromatic heterocycles. The molecule has 1 heterocycles. The predicted molar refractivity (Wildman–Crippen MR) is 53.2 cm³/mol. The van der Waals surface area contributed by atoms with Crippen LogP contribution in [-0.4, -0.2) is 18.2 Å². The van der Waals surface area contributed by atoms with Crippen LogP contribution in [0, 0.1) is 0 Å². The summed E-state index contributed by atoms with van der Waals surface area (Å²) < 4.78 is 9.65. The topological polar surface area (TPSA) is 78.3 Å². The van der Waals surface area contributed by atoms with Crippen molar-refractivity contribution in [3.63, 3.8) is 0 Å². The molecule has 78 valence electrons. The Bertz CT molecular complexity index is 504. The molecule has 0 aliphatic rings. The van der Waals surface area contributed by atoms with E-state index in [-0.39, 0.29) is 5.69 Å². The molecule has 15 heavy (non-hydrogen) atoms. The Morgan fingerprint density at radius 2 is 2.40 bits per heavy atom. The summed E-state index contributed by atoms with van der Waals surface area (Å²) in [7, 11) is 1.30. The van der Waals surface area contributed by atoms with E-state index >= 15 is 0 Å². The van der Waals surface area contributed by atoms with Gasteiger partial charge in [0.05, 0.1) is 12.5 Å². The molecular formula is C10H10N2O3. The highest BCUT2D eigenvalue weighted by Gasteiger charge is 2.17. The fraction of sp³-hybridized carbons (Fsp3) is 0.200. The van der Waals surface area contributed by atoms with Gasteiger partial charge in [0.1, 0.15) is 0 Å². The standard InChI is InChI=1S/C10H10N2O3/c1-14-10(13)8-7-4-2-3-6(5-11)9(7)15-12-8/h2-4H,5,11H2,1H3. The molecule has 0 unspecified atom stereocenters. The molecule has 5 heteroatoms. The first-order valence-corrected chi connectivity index (χ1v) is 4.43. The van der Waals surface area contributed by atoms with Gasteiger partial charge in [-0.1, -0.05) is 17.3 Å². The Hall–Kier alpha value is -1.88. The first-order valence-electron chi connectivity index (χ1n) is 4.43. The SMILES string of the molecule is COC(=O)c1noc2c(CN)cccc12. The van der Waals surface area contributed by atoms with Gasteiger partial charge in [-0.25, -0.2) is 4.79 Å². The highest BCUT2D eigenvalue weighted by atomic mass is 16.5.